The van der Waals surface area contributed by atoms with E-state index >= 15 is 0 Å². The zero-order valence-corrected chi connectivity index (χ0v) is 12.3. The molecule has 0 N–H and O–H groups in total. The van der Waals surface area contributed by atoms with Crippen molar-refractivity contribution >= 4 is 11.3 Å². The van der Waals surface area contributed by atoms with Crippen molar-refractivity contribution in [1.29, 1.82) is 0 Å². The average molecular weight is 286 g/mol. The van der Waals surface area contributed by atoms with E-state index in [4.69, 9.17) is 9.26 Å². The van der Waals surface area contributed by atoms with Crippen LogP contribution < -0.4 is 4.74 Å². The third-order valence-electron chi connectivity index (χ3n) is 3.11. The lowest BCUT2D eigenvalue weighted by Crippen LogP contribution is -1.85. The molecule has 3 rings (SSSR count). The largest absolute Gasteiger partial charge is 0.497 e. The fraction of sp³-hybridized carbons (Fsp3) is 0.200. The van der Waals surface area contributed by atoms with E-state index in [-0.39, 0.29) is 0 Å². The summed E-state index contributed by atoms with van der Waals surface area (Å²) in [5, 5.41) is 6.96. The predicted molar refractivity (Wildman–Crippen MR) is 79.1 cm³/mol. The number of hydrogen-bond donors (Lipinski definition) is 0. The van der Waals surface area contributed by atoms with Gasteiger partial charge in [-0.05, 0) is 26.0 Å². The van der Waals surface area contributed by atoms with E-state index in [9.17, 15) is 0 Å². The molecule has 0 atom stereocenters. The molecule has 0 amide bonds. The number of rotatable bonds is 3. The van der Waals surface area contributed by atoms with Gasteiger partial charge < -0.3 is 9.26 Å². The molecule has 2 aromatic heterocycles. The Labute approximate surface area is 121 Å². The molecule has 0 saturated carbocycles. The highest BCUT2D eigenvalue weighted by molar-refractivity contribution is 7.13. The summed E-state index contributed by atoms with van der Waals surface area (Å²) < 4.78 is 10.4. The highest BCUT2D eigenvalue weighted by Crippen LogP contribution is 2.33. The van der Waals surface area contributed by atoms with Gasteiger partial charge in [-0.3, -0.25) is 0 Å². The molecule has 3 aromatic rings. The van der Waals surface area contributed by atoms with Crippen LogP contribution in [0, 0.1) is 13.8 Å². The maximum Gasteiger partial charge on any atom is 0.143 e. The first-order chi connectivity index (χ1) is 9.69. The van der Waals surface area contributed by atoms with Gasteiger partial charge in [0.05, 0.1) is 24.1 Å². The quantitative estimate of drug-likeness (QED) is 0.727. The lowest BCUT2D eigenvalue weighted by molar-refractivity contribution is 0.393. The highest BCUT2D eigenvalue weighted by Gasteiger charge is 2.15. The fourth-order valence-corrected chi connectivity index (χ4v) is 2.93. The smallest absolute Gasteiger partial charge is 0.143 e. The molecule has 5 heteroatoms. The van der Waals surface area contributed by atoms with Crippen LogP contribution in [0.3, 0.4) is 0 Å². The van der Waals surface area contributed by atoms with Crippen molar-refractivity contribution in [3.63, 3.8) is 0 Å². The maximum absolute atomic E-state index is 5.25. The summed E-state index contributed by atoms with van der Waals surface area (Å²) in [6.07, 6.45) is 0. The number of methoxy groups -OCH3 is 1. The molecule has 0 bridgehead atoms. The minimum absolute atomic E-state index is 0.796. The number of aromatic nitrogens is 2. The summed E-state index contributed by atoms with van der Waals surface area (Å²) in [6.45, 7) is 3.83. The SMILES string of the molecule is COc1cccc(-c2nc(-c3c(C)noc3C)cs2)c1. The number of hydrogen-bond acceptors (Lipinski definition) is 5. The molecule has 0 aliphatic heterocycles. The fourth-order valence-electron chi connectivity index (χ4n) is 2.13. The van der Waals surface area contributed by atoms with Crippen LogP contribution in [0.5, 0.6) is 5.75 Å². The van der Waals surface area contributed by atoms with Gasteiger partial charge in [-0.25, -0.2) is 4.98 Å². The standard InChI is InChI=1S/C15H14N2O2S/c1-9-14(10(2)19-17-9)13-8-20-15(16-13)11-5-4-6-12(7-11)18-3/h4-8H,1-3H3. The highest BCUT2D eigenvalue weighted by atomic mass is 32.1. The number of benzene rings is 1. The normalized spacial score (nSPS) is 10.8. The van der Waals surface area contributed by atoms with Crippen LogP contribution in [-0.4, -0.2) is 17.3 Å². The Balaban J connectivity index is 2.02. The van der Waals surface area contributed by atoms with E-state index in [0.717, 1.165) is 39.0 Å². The Hall–Kier alpha value is -2.14. The minimum atomic E-state index is 0.796. The summed E-state index contributed by atoms with van der Waals surface area (Å²) in [6, 6.07) is 7.89. The second-order valence-electron chi connectivity index (χ2n) is 4.47. The van der Waals surface area contributed by atoms with Gasteiger partial charge >= 0.3 is 0 Å². The third kappa shape index (κ3) is 2.20. The van der Waals surface area contributed by atoms with E-state index in [0.29, 0.717) is 0 Å². The number of nitrogens with zero attached hydrogens (tertiary/aromatic N) is 2. The van der Waals surface area contributed by atoms with E-state index in [2.05, 4.69) is 10.1 Å². The van der Waals surface area contributed by atoms with Gasteiger partial charge in [-0.15, -0.1) is 11.3 Å². The zero-order valence-electron chi connectivity index (χ0n) is 11.5. The van der Waals surface area contributed by atoms with Crippen LogP contribution >= 0.6 is 11.3 Å². The number of aryl methyl sites for hydroxylation is 2. The molecule has 0 saturated heterocycles. The van der Waals surface area contributed by atoms with Crippen LogP contribution in [0.2, 0.25) is 0 Å². The van der Waals surface area contributed by atoms with E-state index in [1.54, 1.807) is 18.4 Å². The molecular formula is C15H14N2O2S. The van der Waals surface area contributed by atoms with Gasteiger partial charge in [0.25, 0.3) is 0 Å². The Morgan fingerprint density at radius 1 is 1.25 bits per heavy atom. The molecule has 2 heterocycles. The monoisotopic (exact) mass is 286 g/mol. The van der Waals surface area contributed by atoms with E-state index < -0.39 is 0 Å². The maximum atomic E-state index is 5.25. The third-order valence-corrected chi connectivity index (χ3v) is 4.00. The molecule has 102 valence electrons. The van der Waals surface area contributed by atoms with Crippen LogP contribution in [0.1, 0.15) is 11.5 Å². The average Bonchev–Trinajstić information content (AvgIpc) is 3.06. The van der Waals surface area contributed by atoms with Crippen molar-refractivity contribution in [2.24, 2.45) is 0 Å². The van der Waals surface area contributed by atoms with Crippen LogP contribution in [-0.2, 0) is 0 Å². The van der Waals surface area contributed by atoms with E-state index in [1.807, 2.05) is 43.5 Å². The van der Waals surface area contributed by atoms with Crippen molar-refractivity contribution in [1.82, 2.24) is 10.1 Å². The first kappa shape index (κ1) is 12.9. The summed E-state index contributed by atoms with van der Waals surface area (Å²) in [5.74, 6) is 1.63. The van der Waals surface area contributed by atoms with Crippen molar-refractivity contribution in [3.05, 3.63) is 41.1 Å². The number of ether oxygens (including phenoxy) is 1. The molecule has 20 heavy (non-hydrogen) atoms. The molecule has 0 aliphatic carbocycles. The van der Waals surface area contributed by atoms with Gasteiger partial charge in [0.15, 0.2) is 0 Å². The number of thiazole rings is 1. The second-order valence-corrected chi connectivity index (χ2v) is 5.33. The summed E-state index contributed by atoms with van der Waals surface area (Å²) >= 11 is 1.60. The second kappa shape index (κ2) is 5.09. The predicted octanol–water partition coefficient (Wildman–Crippen LogP) is 4.09. The van der Waals surface area contributed by atoms with Crippen LogP contribution in [0.25, 0.3) is 21.8 Å². The Morgan fingerprint density at radius 2 is 2.10 bits per heavy atom. The van der Waals surface area contributed by atoms with Gasteiger partial charge in [0.2, 0.25) is 0 Å². The van der Waals surface area contributed by atoms with Gasteiger partial charge in [0.1, 0.15) is 16.5 Å². The molecule has 0 unspecified atom stereocenters. The summed E-state index contributed by atoms with van der Waals surface area (Å²) in [5.41, 5.74) is 3.80. The molecular weight excluding hydrogens is 272 g/mol. The van der Waals surface area contributed by atoms with E-state index in [1.165, 1.54) is 0 Å². The van der Waals surface area contributed by atoms with Gasteiger partial charge in [-0.1, -0.05) is 17.3 Å². The van der Waals surface area contributed by atoms with Crippen LogP contribution in [0.15, 0.2) is 34.2 Å². The minimum Gasteiger partial charge on any atom is -0.497 e. The molecule has 4 nitrogen and oxygen atoms in total. The van der Waals surface area contributed by atoms with Gasteiger partial charge in [0, 0.05) is 10.9 Å². The summed E-state index contributed by atoms with van der Waals surface area (Å²) in [4.78, 5) is 4.68. The van der Waals surface area contributed by atoms with Crippen molar-refractivity contribution < 1.29 is 9.26 Å². The Bertz CT molecular complexity index is 726. The first-order valence-electron chi connectivity index (χ1n) is 6.22. The lowest BCUT2D eigenvalue weighted by Gasteiger charge is -2.01. The lowest BCUT2D eigenvalue weighted by atomic mass is 10.1. The topological polar surface area (TPSA) is 48.2 Å². The molecule has 0 spiro atoms. The zero-order chi connectivity index (χ0) is 14.1. The van der Waals surface area contributed by atoms with Crippen molar-refractivity contribution in [3.8, 4) is 27.6 Å². The van der Waals surface area contributed by atoms with Crippen molar-refractivity contribution in [2.75, 3.05) is 7.11 Å². The van der Waals surface area contributed by atoms with Crippen LogP contribution in [0.4, 0.5) is 0 Å². The van der Waals surface area contributed by atoms with Gasteiger partial charge in [-0.2, -0.15) is 0 Å². The Kier molecular flexibility index (Phi) is 3.28. The molecule has 0 aliphatic rings. The summed E-state index contributed by atoms with van der Waals surface area (Å²) in [7, 11) is 1.66. The molecule has 0 fully saturated rings. The molecule has 0 radical (unpaired) electrons. The first-order valence-corrected chi connectivity index (χ1v) is 7.10. The van der Waals surface area contributed by atoms with Crippen molar-refractivity contribution in [2.45, 2.75) is 13.8 Å². The Morgan fingerprint density at radius 3 is 2.80 bits per heavy atom. The molecule has 1 aromatic carbocycles.